The van der Waals surface area contributed by atoms with E-state index in [1.807, 2.05) is 14.0 Å². The third kappa shape index (κ3) is 9.16. The van der Waals surface area contributed by atoms with Gasteiger partial charge < -0.3 is 30.5 Å². The second-order valence-corrected chi connectivity index (χ2v) is 13.9. The van der Waals surface area contributed by atoms with Crippen molar-refractivity contribution in [2.24, 2.45) is 11.3 Å². The van der Waals surface area contributed by atoms with Gasteiger partial charge in [-0.15, -0.1) is 0 Å². The molecule has 2 heterocycles. The van der Waals surface area contributed by atoms with Crippen LogP contribution in [-0.4, -0.2) is 95.8 Å². The quantitative estimate of drug-likeness (QED) is 0.280. The van der Waals surface area contributed by atoms with Gasteiger partial charge >= 0.3 is 11.9 Å². The van der Waals surface area contributed by atoms with E-state index in [2.05, 4.69) is 37.7 Å². The standard InChI is InChI=1S/C36H50F3N7O5/c1-7-28(47)43-29(32(49)46-17-15-45(5)16-18-46)23(4)24-9-10-27(26(37)19-24)42-31(48)30(35(8-2)13-11-22(3)12-14-35)44-33(50)36(38,39)25-20-40-34(51-6)41-21-25/h9-10,19-23,29-30H,7-8,11-18H2,1-6H3,(H,42,48)(H,43,47)(H,44,50)/t22?,23-,29+,30+,35?/m0/s1. The summed E-state index contributed by atoms with van der Waals surface area (Å²) in [6.45, 7) is 9.67. The number of halogens is 3. The maximum atomic E-state index is 15.8. The number of ether oxygens (including phenoxy) is 1. The molecular weight excluding hydrogens is 667 g/mol. The summed E-state index contributed by atoms with van der Waals surface area (Å²) in [5, 5.41) is 7.66. The van der Waals surface area contributed by atoms with Gasteiger partial charge in [0.15, 0.2) is 0 Å². The van der Waals surface area contributed by atoms with Gasteiger partial charge in [0.1, 0.15) is 17.9 Å². The van der Waals surface area contributed by atoms with Gasteiger partial charge in [0, 0.05) is 50.9 Å². The molecular formula is C36H50F3N7O5. The summed E-state index contributed by atoms with van der Waals surface area (Å²) in [6.07, 6.45) is 4.56. The van der Waals surface area contributed by atoms with Crippen molar-refractivity contribution < 1.29 is 37.1 Å². The van der Waals surface area contributed by atoms with Crippen LogP contribution in [0.5, 0.6) is 6.01 Å². The van der Waals surface area contributed by atoms with Crippen LogP contribution in [0.1, 0.15) is 83.3 Å². The van der Waals surface area contributed by atoms with Crippen LogP contribution in [0, 0.1) is 17.2 Å². The van der Waals surface area contributed by atoms with Crippen LogP contribution < -0.4 is 20.7 Å². The number of benzene rings is 1. The molecule has 0 unspecified atom stereocenters. The number of hydrogen-bond acceptors (Lipinski definition) is 8. The van der Waals surface area contributed by atoms with Crippen molar-refractivity contribution in [1.82, 2.24) is 30.4 Å². The highest BCUT2D eigenvalue weighted by Crippen LogP contribution is 2.45. The average molecular weight is 718 g/mol. The molecule has 0 spiro atoms. The maximum Gasteiger partial charge on any atom is 0.352 e. The van der Waals surface area contributed by atoms with Gasteiger partial charge in [-0.2, -0.15) is 8.78 Å². The van der Waals surface area contributed by atoms with Gasteiger partial charge in [-0.3, -0.25) is 19.2 Å². The predicted molar refractivity (Wildman–Crippen MR) is 185 cm³/mol. The number of nitrogens with one attached hydrogen (secondary N) is 3. The van der Waals surface area contributed by atoms with Gasteiger partial charge in [-0.1, -0.05) is 46.6 Å². The summed E-state index contributed by atoms with van der Waals surface area (Å²) in [5.74, 6) is -8.32. The molecule has 3 atom stereocenters. The van der Waals surface area contributed by atoms with Crippen molar-refractivity contribution in [2.75, 3.05) is 45.7 Å². The normalized spacial score (nSPS) is 21.6. The number of piperazine rings is 1. The monoisotopic (exact) mass is 717 g/mol. The molecule has 1 saturated heterocycles. The minimum atomic E-state index is -4.09. The van der Waals surface area contributed by atoms with Gasteiger partial charge in [0.05, 0.1) is 18.4 Å². The van der Waals surface area contributed by atoms with Crippen LogP contribution in [0.4, 0.5) is 18.9 Å². The highest BCUT2D eigenvalue weighted by molar-refractivity contribution is 5.99. The third-order valence-corrected chi connectivity index (χ3v) is 10.6. The molecule has 1 aliphatic carbocycles. The van der Waals surface area contributed by atoms with E-state index in [-0.39, 0.29) is 29.9 Å². The molecule has 2 fully saturated rings. The smallest absolute Gasteiger partial charge is 0.352 e. The highest BCUT2D eigenvalue weighted by atomic mass is 19.3. The van der Waals surface area contributed by atoms with Crippen LogP contribution in [0.25, 0.3) is 0 Å². The van der Waals surface area contributed by atoms with E-state index in [0.717, 1.165) is 25.2 Å². The number of hydrogen-bond donors (Lipinski definition) is 3. The number of likely N-dealkylation sites (N-methyl/N-ethyl adjacent to an activating group) is 1. The van der Waals surface area contributed by atoms with Gasteiger partial charge in [-0.25, -0.2) is 14.4 Å². The second kappa shape index (κ2) is 16.8. The fraction of sp³-hybridized carbons (Fsp3) is 0.611. The molecule has 1 saturated carbocycles. The predicted octanol–water partition coefficient (Wildman–Crippen LogP) is 4.22. The summed E-state index contributed by atoms with van der Waals surface area (Å²) in [7, 11) is 3.24. The van der Waals surface area contributed by atoms with Crippen molar-refractivity contribution in [3.63, 3.8) is 0 Å². The first-order valence-corrected chi connectivity index (χ1v) is 17.6. The largest absolute Gasteiger partial charge is 0.467 e. The molecule has 0 radical (unpaired) electrons. The van der Waals surface area contributed by atoms with Crippen molar-refractivity contribution >= 4 is 29.3 Å². The molecule has 280 valence electrons. The van der Waals surface area contributed by atoms with E-state index in [9.17, 15) is 19.2 Å². The van der Waals surface area contributed by atoms with Gasteiger partial charge in [0.2, 0.25) is 17.7 Å². The molecule has 2 aromatic rings. The van der Waals surface area contributed by atoms with Crippen LogP contribution >= 0.6 is 0 Å². The van der Waals surface area contributed by atoms with Crippen molar-refractivity contribution in [3.8, 4) is 6.01 Å². The van der Waals surface area contributed by atoms with Crippen molar-refractivity contribution in [2.45, 2.75) is 90.1 Å². The Hall–Kier alpha value is -4.27. The number of alkyl halides is 2. The molecule has 4 rings (SSSR count). The van der Waals surface area contributed by atoms with Crippen LogP contribution in [0.3, 0.4) is 0 Å². The molecule has 1 aromatic heterocycles. The highest BCUT2D eigenvalue weighted by Gasteiger charge is 2.49. The van der Waals surface area contributed by atoms with Crippen molar-refractivity contribution in [3.05, 3.63) is 47.5 Å². The lowest BCUT2D eigenvalue weighted by Crippen LogP contribution is -2.58. The van der Waals surface area contributed by atoms with Crippen molar-refractivity contribution in [1.29, 1.82) is 0 Å². The lowest BCUT2D eigenvalue weighted by atomic mass is 9.64. The third-order valence-electron chi connectivity index (χ3n) is 10.6. The second-order valence-electron chi connectivity index (χ2n) is 13.9. The topological polar surface area (TPSA) is 146 Å². The molecule has 0 bridgehead atoms. The number of amides is 4. The molecule has 15 heteroatoms. The lowest BCUT2D eigenvalue weighted by molar-refractivity contribution is -0.151. The fourth-order valence-electron chi connectivity index (χ4n) is 6.83. The van der Waals surface area contributed by atoms with E-state index < -0.39 is 52.5 Å². The number of carbonyl (C=O) groups is 4. The first kappa shape index (κ1) is 39.5. The molecule has 51 heavy (non-hydrogen) atoms. The Balaban J connectivity index is 1.59. The Bertz CT molecular complexity index is 1540. The molecule has 12 nitrogen and oxygen atoms in total. The number of methoxy groups -OCH3 is 1. The SMILES string of the molecule is CCC(=O)N[C@@H](C(=O)N1CCN(C)CC1)[C@@H](C)c1ccc(NC(=O)[C@@H](NC(=O)C(F)(F)c2cnc(OC)nc2)C2(CC)CCC(C)CC2)c(F)c1. The zero-order chi connectivity index (χ0) is 37.5. The molecule has 1 aliphatic heterocycles. The maximum absolute atomic E-state index is 15.8. The van der Waals surface area contributed by atoms with E-state index in [0.29, 0.717) is 56.9 Å². The zero-order valence-corrected chi connectivity index (χ0v) is 30.2. The summed E-state index contributed by atoms with van der Waals surface area (Å²) < 4.78 is 51.5. The summed E-state index contributed by atoms with van der Waals surface area (Å²) >= 11 is 0. The number of anilines is 1. The van der Waals surface area contributed by atoms with Crippen LogP contribution in [-0.2, 0) is 25.1 Å². The number of carbonyl (C=O) groups excluding carboxylic acids is 4. The van der Waals surface area contributed by atoms with Crippen LogP contribution in [0.2, 0.25) is 0 Å². The number of aromatic nitrogens is 2. The van der Waals surface area contributed by atoms with Gasteiger partial charge in [0.25, 0.3) is 5.91 Å². The number of rotatable bonds is 13. The molecule has 4 amide bonds. The first-order valence-electron chi connectivity index (χ1n) is 17.6. The minimum Gasteiger partial charge on any atom is -0.467 e. The van der Waals surface area contributed by atoms with Gasteiger partial charge in [-0.05, 0) is 55.3 Å². The van der Waals surface area contributed by atoms with E-state index in [4.69, 9.17) is 4.74 Å². The Morgan fingerprint density at radius 2 is 1.67 bits per heavy atom. The van der Waals surface area contributed by atoms with E-state index in [1.54, 1.807) is 24.8 Å². The zero-order valence-electron chi connectivity index (χ0n) is 30.2. The fourth-order valence-corrected chi connectivity index (χ4v) is 6.83. The van der Waals surface area contributed by atoms with E-state index >= 15 is 13.2 Å². The van der Waals surface area contributed by atoms with E-state index in [1.165, 1.54) is 19.2 Å². The Morgan fingerprint density at radius 3 is 2.22 bits per heavy atom. The Labute approximate surface area is 297 Å². The summed E-state index contributed by atoms with van der Waals surface area (Å²) in [5.41, 5.74) is -1.46. The molecule has 3 N–H and O–H groups in total. The number of nitrogens with zero attached hydrogens (tertiary/aromatic N) is 4. The van der Waals surface area contributed by atoms with Crippen LogP contribution in [0.15, 0.2) is 30.6 Å². The first-order chi connectivity index (χ1) is 24.1. The minimum absolute atomic E-state index is 0.154. The lowest BCUT2D eigenvalue weighted by Gasteiger charge is -2.44. The average Bonchev–Trinajstić information content (AvgIpc) is 3.13. The molecule has 2 aliphatic rings. The Morgan fingerprint density at radius 1 is 1.04 bits per heavy atom. The Kier molecular flexibility index (Phi) is 13.0. The summed E-state index contributed by atoms with van der Waals surface area (Å²) in [4.78, 5) is 64.4. The summed E-state index contributed by atoms with van der Waals surface area (Å²) in [6, 6.07) is 1.55. The molecule has 1 aromatic carbocycles.